The van der Waals surface area contributed by atoms with Crippen molar-refractivity contribution in [3.05, 3.63) is 96.1 Å². The molecule has 0 aromatic heterocycles. The van der Waals surface area contributed by atoms with Gasteiger partial charge in [-0.15, -0.1) is 0 Å². The lowest BCUT2D eigenvalue weighted by Crippen LogP contribution is -2.29. The molecular formula is C34H36O10. The van der Waals surface area contributed by atoms with Crippen LogP contribution >= 0.6 is 0 Å². The minimum absolute atomic E-state index is 0.226. The van der Waals surface area contributed by atoms with Crippen molar-refractivity contribution in [2.75, 3.05) is 13.6 Å². The van der Waals surface area contributed by atoms with Crippen molar-refractivity contribution in [1.29, 1.82) is 0 Å². The van der Waals surface area contributed by atoms with E-state index in [1.807, 2.05) is 0 Å². The number of hydrogen-bond acceptors (Lipinski definition) is 10. The molecule has 1 aliphatic carbocycles. The molecule has 0 heterocycles. The van der Waals surface area contributed by atoms with Crippen LogP contribution in [0.1, 0.15) is 50.7 Å². The third-order valence-corrected chi connectivity index (χ3v) is 6.30. The first-order valence-corrected chi connectivity index (χ1v) is 14.0. The fourth-order valence-electron chi connectivity index (χ4n) is 3.90. The van der Waals surface area contributed by atoms with E-state index in [-0.39, 0.29) is 36.9 Å². The minimum atomic E-state index is -0.528. The van der Waals surface area contributed by atoms with Crippen molar-refractivity contribution in [1.82, 2.24) is 0 Å². The van der Waals surface area contributed by atoms with Crippen molar-refractivity contribution in [2.45, 2.75) is 51.7 Å². The quantitative estimate of drug-likeness (QED) is 0.114. The number of ether oxygens (including phenoxy) is 6. The Kier molecular flexibility index (Phi) is 13.0. The van der Waals surface area contributed by atoms with Gasteiger partial charge in [-0.05, 0) is 87.1 Å². The molecule has 0 bridgehead atoms. The molecule has 44 heavy (non-hydrogen) atoms. The molecule has 0 unspecified atom stereocenters. The van der Waals surface area contributed by atoms with Crippen molar-refractivity contribution < 1.29 is 47.6 Å². The SMILES string of the molecule is C=C(C)C(=O)OCOc1ccc(C=CC(=O)OC2CCC(OC(=O)C=Cc3ccc(OCOC(=O)C(=C)C)cc3)CC2)cc1. The fraction of sp³-hybridized carbons (Fsp3) is 0.294. The average molecular weight is 605 g/mol. The van der Waals surface area contributed by atoms with Crippen LogP contribution in [-0.4, -0.2) is 49.7 Å². The highest BCUT2D eigenvalue weighted by Crippen LogP contribution is 2.24. The zero-order chi connectivity index (χ0) is 31.9. The van der Waals surface area contributed by atoms with Crippen LogP contribution in [0.2, 0.25) is 0 Å². The highest BCUT2D eigenvalue weighted by Gasteiger charge is 2.25. The molecule has 1 fully saturated rings. The number of esters is 4. The molecular weight excluding hydrogens is 568 g/mol. The maximum Gasteiger partial charge on any atom is 0.335 e. The van der Waals surface area contributed by atoms with Crippen molar-refractivity contribution >= 4 is 36.0 Å². The zero-order valence-corrected chi connectivity index (χ0v) is 24.8. The Morgan fingerprint density at radius 1 is 0.636 bits per heavy atom. The van der Waals surface area contributed by atoms with E-state index in [1.165, 1.54) is 12.2 Å². The molecule has 0 spiro atoms. The third-order valence-electron chi connectivity index (χ3n) is 6.30. The van der Waals surface area contributed by atoms with Gasteiger partial charge in [0.1, 0.15) is 23.7 Å². The average Bonchev–Trinajstić information content (AvgIpc) is 3.01. The lowest BCUT2D eigenvalue weighted by molar-refractivity contribution is -0.151. The molecule has 2 aromatic carbocycles. The monoisotopic (exact) mass is 604 g/mol. The molecule has 2 aromatic rings. The first-order chi connectivity index (χ1) is 21.1. The van der Waals surface area contributed by atoms with E-state index in [1.54, 1.807) is 74.5 Å². The molecule has 0 atom stereocenters. The van der Waals surface area contributed by atoms with Crippen LogP contribution in [0.25, 0.3) is 12.2 Å². The molecule has 10 nitrogen and oxygen atoms in total. The van der Waals surface area contributed by atoms with Crippen LogP contribution in [0.4, 0.5) is 0 Å². The van der Waals surface area contributed by atoms with E-state index in [0.29, 0.717) is 37.2 Å². The molecule has 0 aliphatic heterocycles. The highest BCUT2D eigenvalue weighted by atomic mass is 16.7. The van der Waals surface area contributed by atoms with Gasteiger partial charge in [-0.25, -0.2) is 19.2 Å². The van der Waals surface area contributed by atoms with Crippen molar-refractivity contribution in [3.8, 4) is 11.5 Å². The summed E-state index contributed by atoms with van der Waals surface area (Å²) in [7, 11) is 0. The predicted molar refractivity (Wildman–Crippen MR) is 162 cm³/mol. The first kappa shape index (κ1) is 33.4. The Hall–Kier alpha value is -5.12. The summed E-state index contributed by atoms with van der Waals surface area (Å²) in [5.74, 6) is -0.948. The van der Waals surface area contributed by atoms with Gasteiger partial charge in [0.25, 0.3) is 0 Å². The maximum atomic E-state index is 12.3. The van der Waals surface area contributed by atoms with Crippen LogP contribution in [-0.2, 0) is 38.1 Å². The molecule has 0 radical (unpaired) electrons. The van der Waals surface area contributed by atoms with Gasteiger partial charge in [0.05, 0.1) is 0 Å². The maximum absolute atomic E-state index is 12.3. The Labute approximate surface area is 256 Å². The summed E-state index contributed by atoms with van der Waals surface area (Å²) in [6.45, 7) is 9.64. The van der Waals surface area contributed by atoms with Crippen molar-refractivity contribution in [2.24, 2.45) is 0 Å². The number of rotatable bonds is 14. The highest BCUT2D eigenvalue weighted by molar-refractivity contribution is 5.88. The lowest BCUT2D eigenvalue weighted by atomic mass is 9.95. The topological polar surface area (TPSA) is 124 Å². The third kappa shape index (κ3) is 12.0. The van der Waals surface area contributed by atoms with E-state index < -0.39 is 23.9 Å². The second-order valence-corrected chi connectivity index (χ2v) is 10.0. The van der Waals surface area contributed by atoms with Gasteiger partial charge in [-0.1, -0.05) is 37.4 Å². The Morgan fingerprint density at radius 2 is 0.977 bits per heavy atom. The van der Waals surface area contributed by atoms with Crippen LogP contribution in [0.3, 0.4) is 0 Å². The summed E-state index contributed by atoms with van der Waals surface area (Å²) < 4.78 is 31.6. The zero-order valence-electron chi connectivity index (χ0n) is 24.8. The summed E-state index contributed by atoms with van der Waals surface area (Å²) in [5, 5.41) is 0. The summed E-state index contributed by atoms with van der Waals surface area (Å²) in [5.41, 5.74) is 2.11. The predicted octanol–water partition coefficient (Wildman–Crippen LogP) is 5.72. The summed E-state index contributed by atoms with van der Waals surface area (Å²) >= 11 is 0. The second kappa shape index (κ2) is 17.1. The van der Waals surface area contributed by atoms with Gasteiger partial charge >= 0.3 is 23.9 Å². The van der Waals surface area contributed by atoms with E-state index in [9.17, 15) is 19.2 Å². The van der Waals surface area contributed by atoms with E-state index in [0.717, 1.165) is 11.1 Å². The van der Waals surface area contributed by atoms with Gasteiger partial charge in [0.2, 0.25) is 13.6 Å². The molecule has 1 saturated carbocycles. The van der Waals surface area contributed by atoms with Crippen LogP contribution in [0, 0.1) is 0 Å². The molecule has 10 heteroatoms. The number of benzene rings is 2. The van der Waals surface area contributed by atoms with Gasteiger partial charge in [-0.2, -0.15) is 0 Å². The van der Waals surface area contributed by atoms with Gasteiger partial charge in [0, 0.05) is 23.3 Å². The van der Waals surface area contributed by atoms with Crippen LogP contribution < -0.4 is 9.47 Å². The number of carbonyl (C=O) groups is 4. The normalized spacial score (nSPS) is 16.1. The fourth-order valence-corrected chi connectivity index (χ4v) is 3.90. The largest absolute Gasteiger partial charge is 0.459 e. The summed E-state index contributed by atoms with van der Waals surface area (Å²) in [6, 6.07) is 13.8. The standard InChI is InChI=1S/C34H36O10/c1-23(2)33(37)41-21-39-27-11-5-25(6-12-27)9-19-31(35)43-29-15-17-30(18-16-29)44-32(36)20-10-26-7-13-28(14-8-26)40-22-42-34(38)24(3)4/h5-14,19-20,29-30H,1,3,15-18,21-22H2,2,4H3. The number of carbonyl (C=O) groups excluding carboxylic acids is 4. The number of hydrogen-bond donors (Lipinski definition) is 0. The second-order valence-electron chi connectivity index (χ2n) is 10.0. The van der Waals surface area contributed by atoms with Gasteiger partial charge in [-0.3, -0.25) is 0 Å². The Bertz CT molecular complexity index is 1270. The van der Waals surface area contributed by atoms with Crippen LogP contribution in [0.5, 0.6) is 11.5 Å². The Balaban J connectivity index is 1.32. The van der Waals surface area contributed by atoms with Crippen molar-refractivity contribution in [3.63, 3.8) is 0 Å². The smallest absolute Gasteiger partial charge is 0.335 e. The molecule has 0 saturated heterocycles. The van der Waals surface area contributed by atoms with Crippen LogP contribution in [0.15, 0.2) is 85.0 Å². The Morgan fingerprint density at radius 3 is 1.30 bits per heavy atom. The van der Waals surface area contributed by atoms with Gasteiger partial charge < -0.3 is 28.4 Å². The summed E-state index contributed by atoms with van der Waals surface area (Å²) in [6.07, 6.45) is 7.85. The molecule has 0 N–H and O–H groups in total. The van der Waals surface area contributed by atoms with E-state index >= 15 is 0 Å². The first-order valence-electron chi connectivity index (χ1n) is 14.0. The molecule has 232 valence electrons. The minimum Gasteiger partial charge on any atom is -0.459 e. The lowest BCUT2D eigenvalue weighted by Gasteiger charge is -2.27. The van der Waals surface area contributed by atoms with E-state index in [4.69, 9.17) is 28.4 Å². The summed E-state index contributed by atoms with van der Waals surface area (Å²) in [4.78, 5) is 47.3. The molecule has 3 rings (SSSR count). The molecule has 0 amide bonds. The van der Waals surface area contributed by atoms with E-state index in [2.05, 4.69) is 13.2 Å². The van der Waals surface area contributed by atoms with Gasteiger partial charge in [0.15, 0.2) is 0 Å². The molecule has 1 aliphatic rings.